The third-order valence-electron chi connectivity index (χ3n) is 2.77. The molecule has 0 saturated carbocycles. The molecule has 0 bridgehead atoms. The van der Waals surface area contributed by atoms with Crippen molar-refractivity contribution in [2.24, 2.45) is 7.05 Å². The van der Waals surface area contributed by atoms with Crippen LogP contribution < -0.4 is 5.32 Å². The van der Waals surface area contributed by atoms with Gasteiger partial charge in [-0.15, -0.1) is 0 Å². The molecule has 0 saturated heterocycles. The fourth-order valence-electron chi connectivity index (χ4n) is 1.88. The van der Waals surface area contributed by atoms with Gasteiger partial charge in [0.2, 0.25) is 5.91 Å². The average Bonchev–Trinajstić information content (AvgIpc) is 3.00. The lowest BCUT2D eigenvalue weighted by Gasteiger charge is -2.18. The number of hydrogen-bond acceptors (Lipinski definition) is 4. The first kappa shape index (κ1) is 13.3. The second kappa shape index (κ2) is 6.14. The minimum absolute atomic E-state index is 0.0961. The van der Waals surface area contributed by atoms with Gasteiger partial charge in [-0.3, -0.25) is 9.48 Å². The maximum atomic E-state index is 12.0. The number of ether oxygens (including phenoxy) is 1. The third-order valence-corrected chi connectivity index (χ3v) is 2.77. The van der Waals surface area contributed by atoms with Crippen molar-refractivity contribution in [2.75, 3.05) is 13.7 Å². The highest BCUT2D eigenvalue weighted by Gasteiger charge is 2.17. The van der Waals surface area contributed by atoms with E-state index in [1.807, 2.05) is 13.1 Å². The molecule has 102 valence electrons. The van der Waals surface area contributed by atoms with Crippen LogP contribution in [0.3, 0.4) is 0 Å². The first-order valence-corrected chi connectivity index (χ1v) is 5.92. The molecule has 2 aromatic rings. The maximum Gasteiger partial charge on any atom is 0.240 e. The highest BCUT2D eigenvalue weighted by atomic mass is 16.5. The number of aromatic nitrogens is 4. The molecule has 0 radical (unpaired) electrons. The van der Waals surface area contributed by atoms with Crippen molar-refractivity contribution in [1.82, 2.24) is 24.6 Å². The molecule has 1 amide bonds. The standard InChI is InChI=1S/C12H17N5O2/c1-16-11(3-4-14-16)10(8-19-2)15-12(18)7-17-6-5-13-9-17/h3-6,9-10H,7-8H2,1-2H3,(H,15,18)/t10-/m0/s1. The summed E-state index contributed by atoms with van der Waals surface area (Å²) < 4.78 is 8.58. The molecule has 0 aliphatic heterocycles. The fourth-order valence-corrected chi connectivity index (χ4v) is 1.88. The molecule has 7 nitrogen and oxygen atoms in total. The van der Waals surface area contributed by atoms with Gasteiger partial charge in [0.15, 0.2) is 0 Å². The van der Waals surface area contributed by atoms with E-state index in [1.165, 1.54) is 0 Å². The summed E-state index contributed by atoms with van der Waals surface area (Å²) in [6.07, 6.45) is 6.69. The summed E-state index contributed by atoms with van der Waals surface area (Å²) in [5, 5.41) is 7.02. The van der Waals surface area contributed by atoms with Gasteiger partial charge >= 0.3 is 0 Å². The van der Waals surface area contributed by atoms with Gasteiger partial charge in [0.25, 0.3) is 0 Å². The van der Waals surface area contributed by atoms with Crippen molar-refractivity contribution in [2.45, 2.75) is 12.6 Å². The van der Waals surface area contributed by atoms with Gasteiger partial charge in [0.1, 0.15) is 6.54 Å². The Morgan fingerprint density at radius 3 is 2.95 bits per heavy atom. The van der Waals surface area contributed by atoms with Crippen LogP contribution in [0.2, 0.25) is 0 Å². The molecular weight excluding hydrogens is 246 g/mol. The molecule has 2 heterocycles. The van der Waals surface area contributed by atoms with E-state index < -0.39 is 0 Å². The summed E-state index contributed by atoms with van der Waals surface area (Å²) in [5.74, 6) is -0.0961. The second-order valence-corrected chi connectivity index (χ2v) is 4.19. The highest BCUT2D eigenvalue weighted by Crippen LogP contribution is 2.11. The molecule has 0 aromatic carbocycles. The van der Waals surface area contributed by atoms with E-state index in [4.69, 9.17) is 4.74 Å². The van der Waals surface area contributed by atoms with Crippen molar-refractivity contribution in [3.8, 4) is 0 Å². The van der Waals surface area contributed by atoms with Gasteiger partial charge in [0, 0.05) is 32.7 Å². The summed E-state index contributed by atoms with van der Waals surface area (Å²) in [6.45, 7) is 0.632. The van der Waals surface area contributed by atoms with E-state index >= 15 is 0 Å². The maximum absolute atomic E-state index is 12.0. The SMILES string of the molecule is COC[C@H](NC(=O)Cn1ccnc1)c1ccnn1C. The Morgan fingerprint density at radius 2 is 2.37 bits per heavy atom. The summed E-state index contributed by atoms with van der Waals surface area (Å²) in [7, 11) is 3.44. The predicted molar refractivity (Wildman–Crippen MR) is 68.2 cm³/mol. The minimum atomic E-state index is -0.214. The summed E-state index contributed by atoms with van der Waals surface area (Å²) in [5.41, 5.74) is 0.904. The smallest absolute Gasteiger partial charge is 0.240 e. The zero-order valence-corrected chi connectivity index (χ0v) is 11.0. The number of methoxy groups -OCH3 is 1. The van der Waals surface area contributed by atoms with E-state index in [0.717, 1.165) is 5.69 Å². The van der Waals surface area contributed by atoms with Crippen LogP contribution in [0.4, 0.5) is 0 Å². The summed E-state index contributed by atoms with van der Waals surface area (Å²) >= 11 is 0. The van der Waals surface area contributed by atoms with E-state index in [-0.39, 0.29) is 18.5 Å². The lowest BCUT2D eigenvalue weighted by Crippen LogP contribution is -2.34. The van der Waals surface area contributed by atoms with Gasteiger partial charge in [-0.1, -0.05) is 0 Å². The highest BCUT2D eigenvalue weighted by molar-refractivity contribution is 5.76. The van der Waals surface area contributed by atoms with Crippen LogP contribution in [0.25, 0.3) is 0 Å². The third kappa shape index (κ3) is 3.41. The molecule has 2 rings (SSSR count). The Bertz CT molecular complexity index is 520. The minimum Gasteiger partial charge on any atom is -0.382 e. The molecule has 1 atom stereocenters. The molecule has 2 aromatic heterocycles. The Balaban J connectivity index is 2.01. The van der Waals surface area contributed by atoms with Crippen molar-refractivity contribution in [3.05, 3.63) is 36.7 Å². The Labute approximate surface area is 111 Å². The second-order valence-electron chi connectivity index (χ2n) is 4.19. The fraction of sp³-hybridized carbons (Fsp3) is 0.417. The topological polar surface area (TPSA) is 74.0 Å². The van der Waals surface area contributed by atoms with Crippen LogP contribution in [0.15, 0.2) is 31.0 Å². The molecule has 7 heteroatoms. The number of imidazole rings is 1. The Kier molecular flexibility index (Phi) is 4.30. The number of carbonyl (C=O) groups is 1. The number of rotatable bonds is 6. The molecule has 0 aliphatic carbocycles. The number of amides is 1. The van der Waals surface area contributed by atoms with Crippen molar-refractivity contribution in [3.63, 3.8) is 0 Å². The van der Waals surface area contributed by atoms with Gasteiger partial charge in [-0.2, -0.15) is 5.10 Å². The van der Waals surface area contributed by atoms with Crippen LogP contribution in [0.5, 0.6) is 0 Å². The van der Waals surface area contributed by atoms with Gasteiger partial charge < -0.3 is 14.6 Å². The first-order chi connectivity index (χ1) is 9.20. The van der Waals surface area contributed by atoms with Crippen LogP contribution in [-0.4, -0.2) is 39.0 Å². The monoisotopic (exact) mass is 263 g/mol. The number of aryl methyl sites for hydroxylation is 1. The van der Waals surface area contributed by atoms with E-state index in [2.05, 4.69) is 15.4 Å². The quantitative estimate of drug-likeness (QED) is 0.803. The van der Waals surface area contributed by atoms with Gasteiger partial charge in [-0.25, -0.2) is 4.98 Å². The Hall–Kier alpha value is -2.15. The first-order valence-electron chi connectivity index (χ1n) is 5.92. The van der Waals surface area contributed by atoms with Crippen molar-refractivity contribution < 1.29 is 9.53 Å². The van der Waals surface area contributed by atoms with Gasteiger partial charge in [-0.05, 0) is 6.07 Å². The molecule has 0 unspecified atom stereocenters. The normalized spacial score (nSPS) is 12.3. The molecule has 0 fully saturated rings. The van der Waals surface area contributed by atoms with E-state index in [1.54, 1.807) is 41.3 Å². The van der Waals surface area contributed by atoms with Crippen molar-refractivity contribution >= 4 is 5.91 Å². The van der Waals surface area contributed by atoms with E-state index in [9.17, 15) is 4.79 Å². The zero-order valence-electron chi connectivity index (χ0n) is 11.0. The predicted octanol–water partition coefficient (Wildman–Crippen LogP) is 0.120. The number of nitrogens with zero attached hydrogens (tertiary/aromatic N) is 4. The van der Waals surface area contributed by atoms with E-state index in [0.29, 0.717) is 6.61 Å². The molecule has 0 spiro atoms. The molecular formula is C12H17N5O2. The van der Waals surface area contributed by atoms with Crippen LogP contribution in [0, 0.1) is 0 Å². The molecule has 0 aliphatic rings. The number of carbonyl (C=O) groups excluding carboxylic acids is 1. The lowest BCUT2D eigenvalue weighted by molar-refractivity contribution is -0.122. The number of hydrogen-bond donors (Lipinski definition) is 1. The summed E-state index contributed by atoms with van der Waals surface area (Å²) in [6, 6.07) is 1.65. The van der Waals surface area contributed by atoms with Crippen LogP contribution in [0.1, 0.15) is 11.7 Å². The van der Waals surface area contributed by atoms with Crippen LogP contribution in [-0.2, 0) is 23.1 Å². The molecule has 19 heavy (non-hydrogen) atoms. The zero-order chi connectivity index (χ0) is 13.7. The Morgan fingerprint density at radius 1 is 1.53 bits per heavy atom. The lowest BCUT2D eigenvalue weighted by atomic mass is 10.2. The summed E-state index contributed by atoms with van der Waals surface area (Å²) in [4.78, 5) is 15.9. The average molecular weight is 263 g/mol. The van der Waals surface area contributed by atoms with Crippen molar-refractivity contribution in [1.29, 1.82) is 0 Å². The largest absolute Gasteiger partial charge is 0.382 e. The molecule has 1 N–H and O–H groups in total. The van der Waals surface area contributed by atoms with Crippen LogP contribution >= 0.6 is 0 Å². The van der Waals surface area contributed by atoms with Gasteiger partial charge in [0.05, 0.1) is 24.7 Å². The number of nitrogens with one attached hydrogen (secondary N) is 1.